The van der Waals surface area contributed by atoms with E-state index in [1.165, 1.54) is 0 Å². The van der Waals surface area contributed by atoms with E-state index in [4.69, 9.17) is 0 Å². The van der Waals surface area contributed by atoms with Crippen LogP contribution < -0.4 is 5.59 Å². The predicted octanol–water partition coefficient (Wildman–Crippen LogP) is 1.32. The molecular weight excluding hydrogens is 231 g/mol. The van der Waals surface area contributed by atoms with Crippen LogP contribution in [-0.4, -0.2) is 22.9 Å². The lowest BCUT2D eigenvalue weighted by Gasteiger charge is -1.96. The fraction of sp³-hybridized carbons (Fsp3) is 0. The van der Waals surface area contributed by atoms with Gasteiger partial charge in [0.25, 0.3) is 0 Å². The molecule has 2 heterocycles. The van der Waals surface area contributed by atoms with Crippen LogP contribution in [-0.2, 0) is 0 Å². The Morgan fingerprint density at radius 3 is 2.88 bits per heavy atom. The van der Waals surface area contributed by atoms with Crippen LogP contribution in [0.15, 0.2) is 36.5 Å². The van der Waals surface area contributed by atoms with Crippen molar-refractivity contribution in [1.82, 2.24) is 9.97 Å². The van der Waals surface area contributed by atoms with Crippen LogP contribution >= 0.6 is 11.3 Å². The van der Waals surface area contributed by atoms with Gasteiger partial charge in [0.1, 0.15) is 10.8 Å². The molecule has 3 aromatic rings. The molecule has 0 aliphatic heterocycles. The largest absolute Gasteiger partial charge is 0.508 e. The first-order valence-corrected chi connectivity index (χ1v) is 6.06. The van der Waals surface area contributed by atoms with Gasteiger partial charge in [0.15, 0.2) is 7.85 Å². The molecule has 82 valence electrons. The van der Waals surface area contributed by atoms with Crippen molar-refractivity contribution < 1.29 is 5.11 Å². The molecule has 0 fully saturated rings. The highest BCUT2D eigenvalue weighted by molar-refractivity contribution is 7.21. The molecule has 3 rings (SSSR count). The average Bonchev–Trinajstić information content (AvgIpc) is 2.72. The number of fused-ring (bicyclic) bond motifs is 1. The highest BCUT2D eigenvalue weighted by Crippen LogP contribution is 2.31. The van der Waals surface area contributed by atoms with Crippen molar-refractivity contribution in [3.8, 4) is 16.3 Å². The maximum Gasteiger partial charge on any atom is 0.163 e. The van der Waals surface area contributed by atoms with Crippen LogP contribution in [0.5, 0.6) is 5.75 Å². The Bertz CT molecular complexity index is 696. The number of nitrogens with zero attached hydrogens (tertiary/aromatic N) is 2. The summed E-state index contributed by atoms with van der Waals surface area (Å²) in [6.45, 7) is 0. The summed E-state index contributed by atoms with van der Waals surface area (Å²) < 4.78 is 0.995. The molecule has 0 aliphatic carbocycles. The normalized spacial score (nSPS) is 10.8. The van der Waals surface area contributed by atoms with E-state index in [0.717, 1.165) is 26.4 Å². The zero-order valence-electron chi connectivity index (χ0n) is 9.21. The van der Waals surface area contributed by atoms with Crippen LogP contribution in [0, 0.1) is 0 Å². The van der Waals surface area contributed by atoms with Gasteiger partial charge in [-0.2, -0.15) is 0 Å². The minimum Gasteiger partial charge on any atom is -0.508 e. The van der Waals surface area contributed by atoms with E-state index in [0.29, 0.717) is 0 Å². The number of phenols is 1. The zero-order valence-corrected chi connectivity index (χ0v) is 10.0. The lowest BCUT2D eigenvalue weighted by Crippen LogP contribution is -2.06. The van der Waals surface area contributed by atoms with Crippen molar-refractivity contribution in [2.24, 2.45) is 0 Å². The molecule has 2 aromatic heterocycles. The molecule has 0 saturated carbocycles. The first-order chi connectivity index (χ1) is 8.22. The fourth-order valence-corrected chi connectivity index (χ4v) is 2.71. The van der Waals surface area contributed by atoms with Crippen molar-refractivity contribution >= 4 is 35.0 Å². The summed E-state index contributed by atoms with van der Waals surface area (Å²) in [5.74, 6) is 0.276. The number of hydrogen-bond acceptors (Lipinski definition) is 4. The molecule has 0 bridgehead atoms. The van der Waals surface area contributed by atoms with E-state index in [1.807, 2.05) is 26.0 Å². The molecule has 0 radical (unpaired) electrons. The first kappa shape index (κ1) is 10.3. The number of rotatable bonds is 1. The number of benzene rings is 1. The maximum atomic E-state index is 9.42. The van der Waals surface area contributed by atoms with Gasteiger partial charge >= 0.3 is 0 Å². The molecule has 0 saturated heterocycles. The van der Waals surface area contributed by atoms with E-state index in [1.54, 1.807) is 29.7 Å². The second kappa shape index (κ2) is 3.85. The Balaban J connectivity index is 2.18. The summed E-state index contributed by atoms with van der Waals surface area (Å²) in [4.78, 5) is 8.72. The molecule has 1 N–H and O–H groups in total. The molecule has 0 spiro atoms. The van der Waals surface area contributed by atoms with Crippen LogP contribution in [0.4, 0.5) is 0 Å². The Morgan fingerprint density at radius 2 is 2.06 bits per heavy atom. The summed E-state index contributed by atoms with van der Waals surface area (Å²) in [6, 6.07) is 9.19. The van der Waals surface area contributed by atoms with Crippen LogP contribution in [0.3, 0.4) is 0 Å². The van der Waals surface area contributed by atoms with Crippen molar-refractivity contribution in [2.75, 3.05) is 0 Å². The van der Waals surface area contributed by atoms with Gasteiger partial charge in [-0.15, -0.1) is 11.3 Å². The molecular formula is C12H9BN2OS. The maximum absolute atomic E-state index is 9.42. The number of hydrogen-bond donors (Lipinski definition) is 1. The van der Waals surface area contributed by atoms with Gasteiger partial charge in [-0.1, -0.05) is 0 Å². The summed E-state index contributed by atoms with van der Waals surface area (Å²) in [7, 11) is 1.96. The van der Waals surface area contributed by atoms with Crippen molar-refractivity contribution in [2.45, 2.75) is 0 Å². The van der Waals surface area contributed by atoms with E-state index in [9.17, 15) is 5.11 Å². The molecule has 17 heavy (non-hydrogen) atoms. The Kier molecular flexibility index (Phi) is 2.33. The molecule has 3 nitrogen and oxygen atoms in total. The topological polar surface area (TPSA) is 46.0 Å². The Labute approximate surface area is 103 Å². The molecule has 5 heteroatoms. The van der Waals surface area contributed by atoms with E-state index < -0.39 is 0 Å². The molecule has 0 aliphatic rings. The minimum atomic E-state index is 0.276. The second-order valence-electron chi connectivity index (χ2n) is 3.86. The third-order valence-corrected chi connectivity index (χ3v) is 3.58. The Morgan fingerprint density at radius 1 is 1.18 bits per heavy atom. The summed E-state index contributed by atoms with van der Waals surface area (Å²) in [5.41, 5.74) is 2.96. The van der Waals surface area contributed by atoms with Crippen LogP contribution in [0.25, 0.3) is 20.8 Å². The SMILES string of the molecule is Bc1cc(-c2nc3ccc(O)cc3s2)ccn1. The quantitative estimate of drug-likeness (QED) is 0.652. The summed E-state index contributed by atoms with van der Waals surface area (Å²) in [5, 5.41) is 10.4. The van der Waals surface area contributed by atoms with Gasteiger partial charge in [-0.25, -0.2) is 4.98 Å². The van der Waals surface area contributed by atoms with Gasteiger partial charge in [-0.3, -0.25) is 4.98 Å². The summed E-state index contributed by atoms with van der Waals surface area (Å²) >= 11 is 1.57. The van der Waals surface area contributed by atoms with Gasteiger partial charge in [0.05, 0.1) is 10.2 Å². The molecule has 1 aromatic carbocycles. The predicted molar refractivity (Wildman–Crippen MR) is 72.7 cm³/mol. The lowest BCUT2D eigenvalue weighted by atomic mass is 10.0. The highest BCUT2D eigenvalue weighted by Gasteiger charge is 2.06. The van der Waals surface area contributed by atoms with Gasteiger partial charge < -0.3 is 5.11 Å². The second-order valence-corrected chi connectivity index (χ2v) is 4.89. The lowest BCUT2D eigenvalue weighted by molar-refractivity contribution is 0.476. The molecule has 0 amide bonds. The molecule has 0 atom stereocenters. The summed E-state index contributed by atoms with van der Waals surface area (Å²) in [6.07, 6.45) is 1.79. The standard InChI is InChI=1S/C12H9BN2OS/c13-11-5-7(3-4-14-11)12-15-9-2-1-8(16)6-10(9)17-12/h1-6,16H,13H2. The van der Waals surface area contributed by atoms with Crippen molar-refractivity contribution in [3.05, 3.63) is 36.5 Å². The fourth-order valence-electron chi connectivity index (χ4n) is 1.72. The molecule has 0 unspecified atom stereocenters. The smallest absolute Gasteiger partial charge is 0.163 e. The first-order valence-electron chi connectivity index (χ1n) is 5.25. The van der Waals surface area contributed by atoms with Crippen LogP contribution in [0.2, 0.25) is 0 Å². The van der Waals surface area contributed by atoms with Crippen molar-refractivity contribution in [1.29, 1.82) is 0 Å². The third-order valence-electron chi connectivity index (χ3n) is 2.52. The van der Waals surface area contributed by atoms with Gasteiger partial charge in [0, 0.05) is 11.8 Å². The van der Waals surface area contributed by atoms with Gasteiger partial charge in [0.2, 0.25) is 0 Å². The third kappa shape index (κ3) is 1.89. The number of phenolic OH excluding ortho intramolecular Hbond substituents is 1. The highest BCUT2D eigenvalue weighted by atomic mass is 32.1. The monoisotopic (exact) mass is 240 g/mol. The number of thiazole rings is 1. The number of pyridine rings is 1. The van der Waals surface area contributed by atoms with Crippen LogP contribution in [0.1, 0.15) is 0 Å². The number of aromatic hydroxyl groups is 1. The van der Waals surface area contributed by atoms with E-state index in [-0.39, 0.29) is 5.75 Å². The average molecular weight is 240 g/mol. The minimum absolute atomic E-state index is 0.276. The number of aromatic nitrogens is 2. The van der Waals surface area contributed by atoms with Crippen molar-refractivity contribution in [3.63, 3.8) is 0 Å². The zero-order chi connectivity index (χ0) is 11.8. The van der Waals surface area contributed by atoms with E-state index >= 15 is 0 Å². The Hall–Kier alpha value is -1.88. The van der Waals surface area contributed by atoms with E-state index in [2.05, 4.69) is 9.97 Å². The van der Waals surface area contributed by atoms with Gasteiger partial charge in [-0.05, 0) is 35.9 Å².